The summed E-state index contributed by atoms with van der Waals surface area (Å²) < 4.78 is 66.3. The van der Waals surface area contributed by atoms with Crippen LogP contribution in [-0.2, 0) is 80.3 Å². The molecule has 9 atom stereocenters. The van der Waals surface area contributed by atoms with Gasteiger partial charge in [0.25, 0.3) is 0 Å². The van der Waals surface area contributed by atoms with Crippen LogP contribution in [0.4, 0.5) is 0 Å². The maximum absolute atomic E-state index is 12.7. The van der Waals surface area contributed by atoms with Crippen molar-refractivity contribution in [3.8, 4) is 0 Å². The zero-order valence-electron chi connectivity index (χ0n) is 35.2. The van der Waals surface area contributed by atoms with Crippen molar-refractivity contribution >= 4 is 52.5 Å². The molecule has 55 heavy (non-hydrogen) atoms. The third-order valence-electron chi connectivity index (χ3n) is 10.2. The average molecular weight is 823 g/mol. The van der Waals surface area contributed by atoms with E-state index in [-0.39, 0.29) is 23.3 Å². The Hall–Kier alpha value is -2.95. The average Bonchev–Trinajstić information content (AvgIpc) is 3.26. The predicted molar refractivity (Wildman–Crippen MR) is 198 cm³/mol. The van der Waals surface area contributed by atoms with Gasteiger partial charge in [0.2, 0.25) is 12.1 Å². The topological polar surface area (TPSA) is 204 Å². The summed E-state index contributed by atoms with van der Waals surface area (Å²) in [5, 5.41) is -0.512. The highest BCUT2D eigenvalue weighted by Gasteiger charge is 2.65. The number of ether oxygens (including phenoxy) is 9. The highest BCUT2D eigenvalue weighted by Crippen LogP contribution is 2.44. The van der Waals surface area contributed by atoms with Gasteiger partial charge in [0.05, 0.1) is 13.2 Å². The third kappa shape index (κ3) is 13.0. The minimum Gasteiger partial charge on any atom is -0.460 e. The summed E-state index contributed by atoms with van der Waals surface area (Å²) in [6, 6.07) is 0. The molecule has 0 aromatic rings. The molecule has 2 rings (SSSR count). The van der Waals surface area contributed by atoms with E-state index >= 15 is 0 Å². The second-order valence-corrected chi connectivity index (χ2v) is 26.5. The first-order valence-corrected chi connectivity index (χ1v) is 24.0. The standard InChI is InChI=1S/C36H62O17Si2/c1-20(37)43-19-36(32(50-25(6)42)29(47-22(3)39)27(52-36)18-45-55(15,16)35(10,11)12)53-33-31(49-24(5)41)30(48-23(4)40)28(46-21(2)38)26(51-33)17-44-54(13,14)34(7,8)9/h26-33H,17-19H2,1-16H3/t26-,27-,28-,29-,30+,31-,32+,33-,36+/m1/s1. The number of carbonyl (C=O) groups is 6. The first kappa shape index (κ1) is 48.2. The second-order valence-electron chi connectivity index (χ2n) is 16.9. The molecular weight excluding hydrogens is 761 g/mol. The van der Waals surface area contributed by atoms with Gasteiger partial charge in [-0.3, -0.25) is 28.8 Å². The molecule has 2 saturated heterocycles. The number of carbonyl (C=O) groups excluding carboxylic acids is 6. The van der Waals surface area contributed by atoms with Crippen molar-refractivity contribution in [2.24, 2.45) is 0 Å². The van der Waals surface area contributed by atoms with Crippen molar-refractivity contribution in [1.29, 1.82) is 0 Å². The Labute approximate surface area is 326 Å². The van der Waals surface area contributed by atoms with Crippen molar-refractivity contribution < 1.29 is 80.3 Å². The Morgan fingerprint density at radius 1 is 0.545 bits per heavy atom. The van der Waals surface area contributed by atoms with Crippen LogP contribution in [0.1, 0.15) is 83.1 Å². The fourth-order valence-electron chi connectivity index (χ4n) is 5.37. The van der Waals surface area contributed by atoms with E-state index in [9.17, 15) is 28.8 Å². The first-order valence-electron chi connectivity index (χ1n) is 18.2. The van der Waals surface area contributed by atoms with E-state index in [0.717, 1.165) is 41.5 Å². The fourth-order valence-corrected chi connectivity index (χ4v) is 7.40. The molecule has 0 unspecified atom stereocenters. The van der Waals surface area contributed by atoms with Gasteiger partial charge in [-0.1, -0.05) is 41.5 Å². The number of esters is 6. The molecule has 17 nitrogen and oxygen atoms in total. The molecule has 316 valence electrons. The Balaban J connectivity index is 2.87. The lowest BCUT2D eigenvalue weighted by Gasteiger charge is -2.47. The fraction of sp³-hybridized carbons (Fsp3) is 0.833. The minimum atomic E-state index is -2.51. The number of rotatable bonds is 15. The highest BCUT2D eigenvalue weighted by atomic mass is 28.4. The summed E-state index contributed by atoms with van der Waals surface area (Å²) in [5.74, 6) is -7.19. The van der Waals surface area contributed by atoms with Gasteiger partial charge in [-0.25, -0.2) is 0 Å². The first-order chi connectivity index (χ1) is 24.9. The number of hydrogen-bond donors (Lipinski definition) is 0. The quantitative estimate of drug-likeness (QED) is 0.130. The van der Waals surface area contributed by atoms with Gasteiger partial charge in [-0.15, -0.1) is 0 Å². The van der Waals surface area contributed by atoms with Crippen LogP contribution in [-0.4, -0.2) is 127 Å². The van der Waals surface area contributed by atoms with Crippen LogP contribution < -0.4 is 0 Å². The zero-order chi connectivity index (χ0) is 42.5. The molecule has 19 heteroatoms. The van der Waals surface area contributed by atoms with Crippen molar-refractivity contribution in [2.75, 3.05) is 19.8 Å². The number of hydrogen-bond acceptors (Lipinski definition) is 17. The summed E-state index contributed by atoms with van der Waals surface area (Å²) in [6.07, 6.45) is -11.8. The molecule has 0 aliphatic carbocycles. The van der Waals surface area contributed by atoms with E-state index in [4.69, 9.17) is 51.5 Å². The van der Waals surface area contributed by atoms with Crippen molar-refractivity contribution in [1.82, 2.24) is 0 Å². The predicted octanol–water partition coefficient (Wildman–Crippen LogP) is 4.09. The van der Waals surface area contributed by atoms with Gasteiger partial charge >= 0.3 is 35.8 Å². The Morgan fingerprint density at radius 2 is 0.945 bits per heavy atom. The van der Waals surface area contributed by atoms with Crippen LogP contribution in [0, 0.1) is 0 Å². The third-order valence-corrected chi connectivity index (χ3v) is 19.2. The van der Waals surface area contributed by atoms with Crippen molar-refractivity contribution in [2.45, 2.75) is 174 Å². The van der Waals surface area contributed by atoms with E-state index < -0.39 is 114 Å². The maximum atomic E-state index is 12.7. The van der Waals surface area contributed by atoms with Crippen molar-refractivity contribution in [3.63, 3.8) is 0 Å². The SMILES string of the molecule is CC(=O)OC[C@@]1(O[C@H]2O[C@H](CO[Si](C)(C)C(C)(C)C)[C@@H](OC(C)=O)[C@H](OC(C)=O)[C@H]2OC(C)=O)O[C@H](CO[Si](C)(C)C(C)(C)C)[C@@H](OC(C)=O)[C@@H]1OC(C)=O. The molecule has 0 aromatic carbocycles. The molecule has 2 aliphatic rings. The Kier molecular flexibility index (Phi) is 16.3. The zero-order valence-corrected chi connectivity index (χ0v) is 37.2. The lowest BCUT2D eigenvalue weighted by atomic mass is 9.97. The van der Waals surface area contributed by atoms with E-state index in [1.54, 1.807) is 0 Å². The molecule has 0 bridgehead atoms. The van der Waals surface area contributed by atoms with Gasteiger partial charge in [0.1, 0.15) is 18.8 Å². The van der Waals surface area contributed by atoms with Gasteiger partial charge < -0.3 is 51.5 Å². The summed E-state index contributed by atoms with van der Waals surface area (Å²) >= 11 is 0. The molecule has 2 heterocycles. The molecule has 2 fully saturated rings. The molecule has 0 radical (unpaired) electrons. The van der Waals surface area contributed by atoms with E-state index in [0.29, 0.717) is 0 Å². The highest BCUT2D eigenvalue weighted by molar-refractivity contribution is 6.74. The lowest BCUT2D eigenvalue weighted by Crippen LogP contribution is -2.66. The molecule has 0 saturated carbocycles. The minimum absolute atomic E-state index is 0.177. The summed E-state index contributed by atoms with van der Waals surface area (Å²) in [4.78, 5) is 75.4. The van der Waals surface area contributed by atoms with Crippen LogP contribution in [0.15, 0.2) is 0 Å². The van der Waals surface area contributed by atoms with Gasteiger partial charge in [-0.2, -0.15) is 0 Å². The monoisotopic (exact) mass is 822 g/mol. The van der Waals surface area contributed by atoms with E-state index in [1.165, 1.54) is 0 Å². The largest absolute Gasteiger partial charge is 0.460 e. The molecule has 0 N–H and O–H groups in total. The maximum Gasteiger partial charge on any atom is 0.303 e. The van der Waals surface area contributed by atoms with E-state index in [2.05, 4.69) is 0 Å². The Bertz CT molecular complexity index is 1400. The second kappa shape index (κ2) is 18.5. The molecule has 0 spiro atoms. The van der Waals surface area contributed by atoms with Gasteiger partial charge in [0.15, 0.2) is 47.2 Å². The van der Waals surface area contributed by atoms with Crippen LogP contribution in [0.25, 0.3) is 0 Å². The molecule has 0 amide bonds. The van der Waals surface area contributed by atoms with Gasteiger partial charge in [-0.05, 0) is 36.3 Å². The van der Waals surface area contributed by atoms with Crippen LogP contribution in [0.2, 0.25) is 36.3 Å². The normalized spacial score (nSPS) is 28.8. The Morgan fingerprint density at radius 3 is 1.36 bits per heavy atom. The summed E-state index contributed by atoms with van der Waals surface area (Å²) in [6.45, 7) is 25.7. The van der Waals surface area contributed by atoms with Crippen molar-refractivity contribution in [3.05, 3.63) is 0 Å². The lowest BCUT2D eigenvalue weighted by molar-refractivity contribution is -0.383. The molecular formula is C36H62O17Si2. The molecule has 2 aliphatic heterocycles. The summed E-state index contributed by atoms with van der Waals surface area (Å²) in [5.41, 5.74) is 0. The van der Waals surface area contributed by atoms with E-state index in [1.807, 2.05) is 67.7 Å². The van der Waals surface area contributed by atoms with Gasteiger partial charge in [0, 0.05) is 41.5 Å². The molecule has 0 aromatic heterocycles. The summed E-state index contributed by atoms with van der Waals surface area (Å²) in [7, 11) is -4.99. The van der Waals surface area contributed by atoms with Crippen LogP contribution in [0.5, 0.6) is 0 Å². The van der Waals surface area contributed by atoms with Crippen LogP contribution in [0.3, 0.4) is 0 Å². The van der Waals surface area contributed by atoms with Crippen LogP contribution >= 0.6 is 0 Å². The smallest absolute Gasteiger partial charge is 0.303 e.